The molecule has 18 nitrogen and oxygen atoms in total. The van der Waals surface area contributed by atoms with Gasteiger partial charge in [-0.15, -0.1) is 0 Å². The first kappa shape index (κ1) is 29.5. The van der Waals surface area contributed by atoms with Crippen LogP contribution in [0.2, 0.25) is 0 Å². The minimum atomic E-state index is -3.97. The standard InChI is InChI=1S/3C24H38N2O4/c3*1-14(2)9-17-13-26-8-7-16-10-21(28-5)22(29-6)11-18(16)19(26)12-20(17)30-24(27)23(25)15(3)4/h3*10-11,14-15,17,19-20,23H,7-9,12-13,25H2,1-6H3/t3*17?,19?,20?,23-/m000/s1/i2*1D3,3D3,4D3,5D3,9D2,14D,15D,19D,23D;1D3,3D3,4D3,9D2,14D,15D,19D,23D/t3*14?,17?,19?,20?,23-. The van der Waals surface area contributed by atoms with Crippen LogP contribution >= 0.6 is 0 Å². The molecule has 6 aliphatic rings. The summed E-state index contributed by atoms with van der Waals surface area (Å²) in [7, 11) is -0.508. The number of ether oxygens (including phenoxy) is 9. The SMILES string of the molecule is [2H]C([2H])([2H])Oc1cc2c(cc1OC)C1([2H])CC(OC(=O)[C@@]([2H])(N)C([2H])(C([2H])([2H])[2H])C([2H])([2H])[2H])C(C([2H])([2H])C([2H])(C)C([2H])([2H])[2H])CN1CC2.[2H]C([2H])([2H])Oc1cc2c(cc1OC)C1([2H])CC(OC(=O)[C@@]([2H])(N)C([2H])(C([2H])([2H])[2H])C([2H])([2H])[2H])C(C([2H])([2H])C([2H])(C)C([2H])([2H])[2H])CN1CC2.[2H]C12CC(OC(=O)[C@@]([2H])(N)C([2H])(C([2H])([2H])[2H])C([2H])([2H])[2H])C(C([2H])([2H])C([2H])(C)C([2H])([2H])[2H])CN1CCc1cc(OC)c(OC)cc12. The molecule has 15 atom stereocenters. The van der Waals surface area contributed by atoms with Crippen LogP contribution in [0.5, 0.6) is 34.5 Å². The van der Waals surface area contributed by atoms with Crippen LogP contribution in [0.25, 0.3) is 0 Å². The number of nitrogens with two attached hydrogens (primary N) is 3. The number of nitrogens with zero attached hydrogens (tertiary/aromatic N) is 3. The number of fused-ring (bicyclic) bond motifs is 9. The summed E-state index contributed by atoms with van der Waals surface area (Å²) in [6.45, 7) is -31.5. The number of benzene rings is 3. The summed E-state index contributed by atoms with van der Waals surface area (Å²) in [5, 5.41) is 0. The molecule has 3 aromatic carbocycles. The average molecular weight is 1310 g/mol. The Morgan fingerprint density at radius 2 is 0.733 bits per heavy atom. The molecular formula is C72H114N6O12. The fraction of sp³-hybridized carbons (Fsp3) is 0.708. The van der Waals surface area contributed by atoms with Crippen molar-refractivity contribution in [3.63, 3.8) is 0 Å². The zero-order chi connectivity index (χ0) is 110. The van der Waals surface area contributed by atoms with E-state index in [0.29, 0.717) is 34.4 Å². The number of piperidine rings is 3. The van der Waals surface area contributed by atoms with E-state index in [1.165, 1.54) is 73.5 Å². The highest BCUT2D eigenvalue weighted by atomic mass is 16.6. The third-order valence-electron chi connectivity index (χ3n) is 15.9. The monoisotopic (exact) mass is 1310 g/mol. The number of hydrogen-bond donors (Lipinski definition) is 3. The molecule has 6 aliphatic heterocycles. The van der Waals surface area contributed by atoms with E-state index in [1.807, 2.05) is 0 Å². The Bertz CT molecular complexity index is 4790. The summed E-state index contributed by atoms with van der Waals surface area (Å²) in [5.41, 5.74) is 19.3. The first-order valence-corrected chi connectivity index (χ1v) is 28.3. The van der Waals surface area contributed by atoms with Crippen LogP contribution in [0.4, 0.5) is 0 Å². The van der Waals surface area contributed by atoms with Gasteiger partial charge in [0.15, 0.2) is 34.5 Å². The summed E-state index contributed by atoms with van der Waals surface area (Å²) >= 11 is 0. The van der Waals surface area contributed by atoms with Gasteiger partial charge in [-0.25, -0.2) is 0 Å². The van der Waals surface area contributed by atoms with E-state index >= 15 is 0 Å². The predicted molar refractivity (Wildman–Crippen MR) is 353 cm³/mol. The largest absolute Gasteiger partial charge is 0.493 e. The van der Waals surface area contributed by atoms with Crippen molar-refractivity contribution >= 4 is 17.9 Å². The van der Waals surface area contributed by atoms with Gasteiger partial charge in [0, 0.05) is 148 Å². The van der Waals surface area contributed by atoms with Gasteiger partial charge >= 0.3 is 17.9 Å². The number of esters is 3. The van der Waals surface area contributed by atoms with Crippen LogP contribution in [0, 0.1) is 53.1 Å². The quantitative estimate of drug-likeness (QED) is 0.0666. The smallest absolute Gasteiger partial charge is 0.323 e. The zero-order valence-electron chi connectivity index (χ0n) is 102. The zero-order valence-corrected chi connectivity index (χ0v) is 50.9. The first-order chi connectivity index (χ1) is 62.5. The molecule has 6 heterocycles. The molecule has 0 bridgehead atoms. The van der Waals surface area contributed by atoms with E-state index in [2.05, 4.69) is 0 Å². The maximum absolute atomic E-state index is 13.6. The minimum absolute atomic E-state index is 0.0129. The third kappa shape index (κ3) is 17.5. The number of carbonyl (C=O) groups excluding carboxylic acids is 3. The molecule has 6 N–H and O–H groups in total. The summed E-state index contributed by atoms with van der Waals surface area (Å²) < 4.78 is 459. The van der Waals surface area contributed by atoms with Gasteiger partial charge in [-0.1, -0.05) is 82.4 Å². The van der Waals surface area contributed by atoms with Crippen molar-refractivity contribution < 1.29 is 127 Å². The lowest BCUT2D eigenvalue weighted by Crippen LogP contribution is -2.51. The molecule has 0 radical (unpaired) electrons. The van der Waals surface area contributed by atoms with Crippen LogP contribution in [-0.2, 0) is 47.9 Å². The highest BCUT2D eigenvalue weighted by molar-refractivity contribution is 5.77. The molecule has 0 aromatic heterocycles. The Kier molecular flexibility index (Phi) is 10.6. The van der Waals surface area contributed by atoms with Gasteiger partial charge in [0.25, 0.3) is 0 Å². The minimum Gasteiger partial charge on any atom is -0.493 e. The van der Waals surface area contributed by atoms with Crippen LogP contribution in [0.15, 0.2) is 36.4 Å². The lowest BCUT2D eigenvalue weighted by molar-refractivity contribution is -0.161. The van der Waals surface area contributed by atoms with Crippen molar-refractivity contribution in [1.82, 2.24) is 14.7 Å². The molecule has 0 spiro atoms. The maximum Gasteiger partial charge on any atom is 0.323 e. The second kappa shape index (κ2) is 32.5. The Labute approximate surface area is 611 Å². The number of hydrogen-bond acceptors (Lipinski definition) is 18. The molecular weight excluding hydrogens is 1140 g/mol. The van der Waals surface area contributed by atoms with Crippen molar-refractivity contribution in [1.29, 1.82) is 0 Å². The molecule has 9 rings (SSSR count). The molecule has 3 saturated heterocycles. The Balaban J connectivity index is 0.000000288. The molecule has 12 unspecified atom stereocenters. The van der Waals surface area contributed by atoms with E-state index in [-0.39, 0.29) is 72.4 Å². The fourth-order valence-corrected chi connectivity index (χ4v) is 11.6. The van der Waals surface area contributed by atoms with Crippen molar-refractivity contribution in [3.05, 3.63) is 69.8 Å². The van der Waals surface area contributed by atoms with Crippen molar-refractivity contribution in [2.24, 2.45) is 70.3 Å². The van der Waals surface area contributed by atoms with Crippen molar-refractivity contribution in [2.75, 3.05) is 81.8 Å². The van der Waals surface area contributed by atoms with Gasteiger partial charge in [-0.2, -0.15) is 0 Å². The molecule has 90 heavy (non-hydrogen) atoms. The van der Waals surface area contributed by atoms with Gasteiger partial charge in [0.1, 0.15) is 36.4 Å². The first-order valence-electron chi connectivity index (χ1n) is 53.8. The number of methoxy groups -OCH3 is 6. The Morgan fingerprint density at radius 1 is 0.467 bits per heavy atom. The molecule has 3 fully saturated rings. The highest BCUT2D eigenvalue weighted by Gasteiger charge is 2.45. The lowest BCUT2D eigenvalue weighted by Gasteiger charge is -2.47. The number of rotatable bonds is 21. The topological polar surface area (TPSA) is 222 Å². The molecule has 0 amide bonds. The van der Waals surface area contributed by atoms with Gasteiger partial charge in [-0.3, -0.25) is 29.1 Å². The van der Waals surface area contributed by atoms with Crippen molar-refractivity contribution in [2.45, 2.75) is 195 Å². The van der Waals surface area contributed by atoms with Gasteiger partial charge in [-0.05, 0) is 144 Å². The third-order valence-corrected chi connectivity index (χ3v) is 15.9. The van der Waals surface area contributed by atoms with Gasteiger partial charge < -0.3 is 59.8 Å². The van der Waals surface area contributed by atoms with E-state index in [9.17, 15) is 18.5 Å². The van der Waals surface area contributed by atoms with Crippen molar-refractivity contribution in [3.8, 4) is 34.5 Å². The summed E-state index contributed by atoms with van der Waals surface area (Å²) in [4.78, 5) is 45.1. The van der Waals surface area contributed by atoms with Crippen LogP contribution in [0.1, 0.15) is 242 Å². The van der Waals surface area contributed by atoms with E-state index in [1.54, 1.807) is 6.07 Å². The fourth-order valence-electron chi connectivity index (χ4n) is 11.6. The normalized spacial score (nSPS) is 41.1. The van der Waals surface area contributed by atoms with Gasteiger partial charge in [0.2, 0.25) is 0 Å². The summed E-state index contributed by atoms with van der Waals surface area (Å²) in [6, 6.07) is -8.71. The molecule has 0 aliphatic carbocycles. The van der Waals surface area contributed by atoms with Crippen LogP contribution in [-0.4, -0.2) is 151 Å². The maximum atomic E-state index is 13.6. The molecule has 3 aromatic rings. The number of carbonyl (C=O) groups is 3. The van der Waals surface area contributed by atoms with Gasteiger partial charge in [0.05, 0.1) is 59.0 Å². The predicted octanol–water partition coefficient (Wildman–Crippen LogP) is 10.7. The molecule has 504 valence electrons. The molecule has 18 heteroatoms. The van der Waals surface area contributed by atoms with Crippen LogP contribution < -0.4 is 45.6 Å². The Hall–Kier alpha value is -5.37. The van der Waals surface area contributed by atoms with E-state index < -0.39 is 259 Å². The summed E-state index contributed by atoms with van der Waals surface area (Å²) in [5.74, 6) is -31.6. The lowest BCUT2D eigenvalue weighted by atomic mass is 9.79. The second-order valence-electron chi connectivity index (χ2n) is 21.8. The van der Waals surface area contributed by atoms with Crippen LogP contribution in [0.3, 0.4) is 0 Å². The summed E-state index contributed by atoms with van der Waals surface area (Å²) in [6.07, 6.45) is -16.1. The Morgan fingerprint density at radius 3 is 0.978 bits per heavy atom. The second-order valence-corrected chi connectivity index (χ2v) is 21.8. The van der Waals surface area contributed by atoms with E-state index in [4.69, 9.17) is 126 Å². The molecule has 0 saturated carbocycles. The highest BCUT2D eigenvalue weighted by Crippen LogP contribution is 2.48. The average Bonchev–Trinajstić information content (AvgIpc) is 0.712. The van der Waals surface area contributed by atoms with E-state index in [0.717, 1.165) is 20.8 Å².